The van der Waals surface area contributed by atoms with E-state index in [1.54, 1.807) is 6.20 Å². The van der Waals surface area contributed by atoms with E-state index in [1.807, 2.05) is 56.4 Å². The molecule has 0 unspecified atom stereocenters. The van der Waals surface area contributed by atoms with Crippen LogP contribution >= 0.6 is 0 Å². The summed E-state index contributed by atoms with van der Waals surface area (Å²) in [5.74, 6) is 6.50. The Hall–Kier alpha value is -4.09. The monoisotopic (exact) mass is 852 g/mol. The number of furan rings is 1. The van der Waals surface area contributed by atoms with Crippen LogP contribution in [0.25, 0.3) is 66.0 Å². The molecule has 0 spiro atoms. The first-order valence-corrected chi connectivity index (χ1v) is 23.0. The van der Waals surface area contributed by atoms with Crippen molar-refractivity contribution in [1.82, 2.24) is 9.97 Å². The Labute approximate surface area is 294 Å². The molecule has 3 nitrogen and oxygen atoms in total. The number of pyridine rings is 2. The van der Waals surface area contributed by atoms with Gasteiger partial charge in [0.25, 0.3) is 0 Å². The molecule has 8 rings (SSSR count). The van der Waals surface area contributed by atoms with E-state index in [4.69, 9.17) is 5.79 Å². The molecule has 0 atom stereocenters. The van der Waals surface area contributed by atoms with Crippen LogP contribution in [0, 0.1) is 12.1 Å². The second kappa shape index (κ2) is 13.6. The van der Waals surface area contributed by atoms with Crippen molar-refractivity contribution in [2.75, 3.05) is 0 Å². The third-order valence-electron chi connectivity index (χ3n) is 8.51. The van der Waals surface area contributed by atoms with Crippen molar-refractivity contribution in [3.8, 4) is 22.5 Å². The molecular weight excluding hydrogens is 813 g/mol. The van der Waals surface area contributed by atoms with Gasteiger partial charge in [-0.2, -0.15) is 0 Å². The van der Waals surface area contributed by atoms with E-state index in [2.05, 4.69) is 112 Å². The van der Waals surface area contributed by atoms with Crippen molar-refractivity contribution >= 4 is 61.1 Å². The van der Waals surface area contributed by atoms with Crippen LogP contribution < -0.4 is 4.40 Å². The van der Waals surface area contributed by atoms with Crippen LogP contribution in [0.1, 0.15) is 26.7 Å². The van der Waals surface area contributed by atoms with E-state index in [0.717, 1.165) is 50.0 Å². The number of hydrogen-bond donors (Lipinski definition) is 0. The molecule has 235 valence electrons. The van der Waals surface area contributed by atoms with Crippen LogP contribution in [-0.2, 0) is 20.1 Å². The number of benzene rings is 5. The van der Waals surface area contributed by atoms with Crippen molar-refractivity contribution in [3.63, 3.8) is 0 Å². The normalized spacial score (nSPS) is 12.1. The summed E-state index contributed by atoms with van der Waals surface area (Å²) in [6, 6.07) is 44.1. The molecule has 0 saturated carbocycles. The first kappa shape index (κ1) is 31.5. The average molecular weight is 851 g/mol. The molecule has 0 N–H and O–H groups in total. The van der Waals surface area contributed by atoms with E-state index < -0.39 is 19.2 Å². The number of fused-ring (bicyclic) bond motifs is 6. The summed E-state index contributed by atoms with van der Waals surface area (Å²) in [6.45, 7) is 3.77. The van der Waals surface area contributed by atoms with Gasteiger partial charge in [-0.15, -0.1) is 29.1 Å². The summed E-state index contributed by atoms with van der Waals surface area (Å²) in [6.07, 6.45) is 3.58. The molecule has 5 aromatic carbocycles. The van der Waals surface area contributed by atoms with Crippen molar-refractivity contribution in [1.29, 1.82) is 0 Å². The van der Waals surface area contributed by atoms with Gasteiger partial charge >= 0.3 is 159 Å². The summed E-state index contributed by atoms with van der Waals surface area (Å²) in [7, 11) is 0. The zero-order valence-corrected chi connectivity index (χ0v) is 31.7. The van der Waals surface area contributed by atoms with Crippen LogP contribution in [0.15, 0.2) is 126 Å². The molecule has 0 saturated heterocycles. The molecule has 3 aromatic heterocycles. The molecule has 8 aromatic rings. The molecule has 3 heterocycles. The van der Waals surface area contributed by atoms with E-state index in [-0.39, 0.29) is 20.1 Å². The Morgan fingerprint density at radius 2 is 1.49 bits per heavy atom. The number of hydrogen-bond acceptors (Lipinski definition) is 3. The van der Waals surface area contributed by atoms with Gasteiger partial charge in [0.05, 0.1) is 0 Å². The summed E-state index contributed by atoms with van der Waals surface area (Å²) >= 11 is -1.92. The molecule has 47 heavy (non-hydrogen) atoms. The summed E-state index contributed by atoms with van der Waals surface area (Å²) in [5, 5.41) is 7.22. The quantitative estimate of drug-likeness (QED) is 0.101. The predicted octanol–water partition coefficient (Wildman–Crippen LogP) is 11.0. The maximum atomic E-state index is 8.31. The van der Waals surface area contributed by atoms with E-state index >= 15 is 0 Å². The molecule has 0 aliphatic carbocycles. The SMILES string of the molecule is [2H]C(C)(C)c1ccnc(-c2[c-]ccc3c2oc2c[c]([Ge]([CH3])([CH3])[CH3])ccc23)c1.[Ir].[c-]1cc2c(ccc3ccccc32)cc1-c1ccccn1. The van der Waals surface area contributed by atoms with Gasteiger partial charge in [-0.1, -0.05) is 59.3 Å². The van der Waals surface area contributed by atoms with Gasteiger partial charge in [-0.3, -0.25) is 0 Å². The van der Waals surface area contributed by atoms with Gasteiger partial charge in [-0.25, -0.2) is 0 Å². The van der Waals surface area contributed by atoms with Crippen molar-refractivity contribution in [2.45, 2.75) is 37.0 Å². The van der Waals surface area contributed by atoms with Crippen LogP contribution in [0.2, 0.25) is 17.3 Å². The van der Waals surface area contributed by atoms with Gasteiger partial charge in [0, 0.05) is 26.3 Å². The fourth-order valence-corrected chi connectivity index (χ4v) is 8.30. The fraction of sp³-hybridized carbons (Fsp3) is 0.143. The van der Waals surface area contributed by atoms with E-state index in [1.165, 1.54) is 25.9 Å². The van der Waals surface area contributed by atoms with Gasteiger partial charge in [0.2, 0.25) is 0 Å². The zero-order valence-electron chi connectivity index (χ0n) is 28.2. The molecular formula is C42H36GeIrN2O-2. The Morgan fingerprint density at radius 1 is 0.702 bits per heavy atom. The Balaban J connectivity index is 0.000000170. The minimum Gasteiger partial charge on any atom is -0.305 e. The topological polar surface area (TPSA) is 38.9 Å². The van der Waals surface area contributed by atoms with Crippen molar-refractivity contribution in [2.24, 2.45) is 0 Å². The van der Waals surface area contributed by atoms with Crippen LogP contribution in [0.4, 0.5) is 0 Å². The zero-order chi connectivity index (χ0) is 32.8. The van der Waals surface area contributed by atoms with Gasteiger partial charge < -0.3 is 4.98 Å². The minimum atomic E-state index is -1.92. The van der Waals surface area contributed by atoms with E-state index in [9.17, 15) is 0 Å². The number of rotatable bonds is 4. The van der Waals surface area contributed by atoms with Gasteiger partial charge in [0.1, 0.15) is 0 Å². The second-order valence-electron chi connectivity index (χ2n) is 12.9. The standard InChI is InChI=1S/C23H24GeNO.C19H12N.Ir/c1-15(2)16-11-12-25-21(13-16)20-8-6-7-19-18-10-9-17(24(3,4)5)14-22(18)26-23(19)20;1-2-6-17-14(5-1)8-9-15-13-16(10-11-18(15)17)19-7-3-4-12-20-19;/h6-7,9-15H,1-5H3;1-9,11-13H;/q2*-1;/i15D;;. The number of aromatic nitrogens is 2. The molecule has 1 radical (unpaired) electrons. The average Bonchev–Trinajstić information content (AvgIpc) is 3.46. The Bertz CT molecular complexity index is 2390. The fourth-order valence-electron chi connectivity index (χ4n) is 5.89. The Kier molecular flexibility index (Phi) is 9.09. The van der Waals surface area contributed by atoms with Crippen LogP contribution in [0.3, 0.4) is 0 Å². The second-order valence-corrected chi connectivity index (χ2v) is 23.6. The summed E-state index contributed by atoms with van der Waals surface area (Å²) < 4.78 is 16.1. The first-order valence-electron chi connectivity index (χ1n) is 16.2. The molecule has 0 aliphatic rings. The molecule has 0 bridgehead atoms. The molecule has 0 fully saturated rings. The van der Waals surface area contributed by atoms with Crippen LogP contribution in [0.5, 0.6) is 0 Å². The van der Waals surface area contributed by atoms with Crippen molar-refractivity contribution < 1.29 is 25.9 Å². The van der Waals surface area contributed by atoms with Crippen LogP contribution in [-0.4, -0.2) is 23.2 Å². The first-order chi connectivity index (χ1) is 22.6. The third kappa shape index (κ3) is 6.69. The van der Waals surface area contributed by atoms with Crippen molar-refractivity contribution in [3.05, 3.63) is 139 Å². The summed E-state index contributed by atoms with van der Waals surface area (Å²) in [5.41, 5.74) is 6.33. The maximum Gasteiger partial charge on any atom is 0.0160 e. The Morgan fingerprint density at radius 3 is 2.28 bits per heavy atom. The molecule has 0 amide bonds. The van der Waals surface area contributed by atoms with Gasteiger partial charge in [-0.05, 0) is 17.1 Å². The minimum absolute atomic E-state index is 0. The number of nitrogens with zero attached hydrogens (tertiary/aromatic N) is 2. The maximum absolute atomic E-state index is 8.31. The predicted molar refractivity (Wildman–Crippen MR) is 196 cm³/mol. The van der Waals surface area contributed by atoms with E-state index in [0.29, 0.717) is 0 Å². The third-order valence-corrected chi connectivity index (χ3v) is 12.8. The molecule has 0 aliphatic heterocycles. The smallest absolute Gasteiger partial charge is 0.0160 e. The largest absolute Gasteiger partial charge is 0.305 e. The molecule has 5 heteroatoms. The van der Waals surface area contributed by atoms with Gasteiger partial charge in [0.15, 0.2) is 0 Å². The summed E-state index contributed by atoms with van der Waals surface area (Å²) in [4.78, 5) is 8.92.